The van der Waals surface area contributed by atoms with Crippen LogP contribution in [0.5, 0.6) is 5.75 Å². The Labute approximate surface area is 154 Å². The number of aryl methyl sites for hydroxylation is 1. The number of hydrogen-bond acceptors (Lipinski definition) is 3. The molecule has 2 N–H and O–H groups in total. The fraction of sp³-hybridized carbons (Fsp3) is 0.700. The van der Waals surface area contributed by atoms with Crippen LogP contribution in [0.1, 0.15) is 59.9 Å². The normalized spacial score (nSPS) is 13.3. The summed E-state index contributed by atoms with van der Waals surface area (Å²) in [6, 6.07) is 8.15. The average molecular weight is 358 g/mol. The van der Waals surface area contributed by atoms with Gasteiger partial charge in [0.2, 0.25) is 0 Å². The van der Waals surface area contributed by atoms with Gasteiger partial charge in [0.15, 0.2) is 0 Å². The van der Waals surface area contributed by atoms with E-state index in [0.717, 1.165) is 25.0 Å². The smallest absolute Gasteiger partial charge is 0.119 e. The third-order valence-electron chi connectivity index (χ3n) is 3.69. The Morgan fingerprint density at radius 3 is 2.17 bits per heavy atom. The summed E-state index contributed by atoms with van der Waals surface area (Å²) in [7, 11) is 0. The second-order valence-corrected chi connectivity index (χ2v) is 8.36. The number of rotatable bonds is 9. The van der Waals surface area contributed by atoms with E-state index in [1.165, 1.54) is 5.56 Å². The summed E-state index contributed by atoms with van der Waals surface area (Å²) in [6.45, 7) is 14.1. The van der Waals surface area contributed by atoms with E-state index in [2.05, 4.69) is 59.0 Å². The highest BCUT2D eigenvalue weighted by molar-refractivity contribution is 5.85. The zero-order chi connectivity index (χ0) is 17.5. The van der Waals surface area contributed by atoms with E-state index in [4.69, 9.17) is 4.74 Å². The van der Waals surface area contributed by atoms with Gasteiger partial charge in [-0.15, -0.1) is 12.4 Å². The predicted octanol–water partition coefficient (Wildman–Crippen LogP) is 4.61. The molecule has 0 aliphatic heterocycles. The van der Waals surface area contributed by atoms with Crippen LogP contribution in [0.25, 0.3) is 0 Å². The first-order chi connectivity index (χ1) is 10.6. The zero-order valence-electron chi connectivity index (χ0n) is 16.2. The summed E-state index contributed by atoms with van der Waals surface area (Å²) in [5.41, 5.74) is 1.59. The van der Waals surface area contributed by atoms with Gasteiger partial charge in [-0.25, -0.2) is 0 Å². The third kappa shape index (κ3) is 10.2. The van der Waals surface area contributed by atoms with Crippen molar-refractivity contribution in [3.63, 3.8) is 0 Å². The number of ether oxygens (including phenoxy) is 1. The van der Waals surface area contributed by atoms with Gasteiger partial charge in [-0.3, -0.25) is 0 Å². The molecule has 0 aliphatic carbocycles. The first-order valence-electron chi connectivity index (χ1n) is 8.76. The molecule has 140 valence electrons. The molecule has 1 aromatic rings. The van der Waals surface area contributed by atoms with E-state index >= 15 is 0 Å². The molecule has 0 radical (unpaired) electrons. The standard InChI is InChI=1S/C20H35NO2.ClH/c1-7-8-16-9-11-18(12-10-16)23-14-17(22)13-21-20(5,6)15-19(2,3)4;/h9-12,17,21-22H,7-8,13-15H2,1-6H3;1H. The first kappa shape index (κ1) is 23.2. The van der Waals surface area contributed by atoms with Crippen molar-refractivity contribution in [1.82, 2.24) is 5.32 Å². The van der Waals surface area contributed by atoms with Gasteiger partial charge in [0.05, 0.1) is 0 Å². The molecule has 0 aliphatic rings. The van der Waals surface area contributed by atoms with Gasteiger partial charge >= 0.3 is 0 Å². The van der Waals surface area contributed by atoms with E-state index in [1.54, 1.807) is 0 Å². The summed E-state index contributed by atoms with van der Waals surface area (Å²) >= 11 is 0. The fourth-order valence-corrected chi connectivity index (χ4v) is 3.07. The Hall–Kier alpha value is -0.770. The summed E-state index contributed by atoms with van der Waals surface area (Å²) in [5.74, 6) is 0.817. The number of β-amino-alcohol motifs (C(OH)–C–C–N with tert-alkyl or cyclic N) is 1. The minimum absolute atomic E-state index is 0. The van der Waals surface area contributed by atoms with Crippen molar-refractivity contribution >= 4 is 12.4 Å². The lowest BCUT2D eigenvalue weighted by Crippen LogP contribution is -2.46. The number of halogens is 1. The van der Waals surface area contributed by atoms with E-state index in [0.29, 0.717) is 13.2 Å². The van der Waals surface area contributed by atoms with E-state index < -0.39 is 6.10 Å². The summed E-state index contributed by atoms with van der Waals surface area (Å²) < 4.78 is 5.68. The van der Waals surface area contributed by atoms with Gasteiger partial charge in [-0.2, -0.15) is 0 Å². The van der Waals surface area contributed by atoms with Crippen molar-refractivity contribution in [2.24, 2.45) is 5.41 Å². The molecule has 24 heavy (non-hydrogen) atoms. The first-order valence-corrected chi connectivity index (χ1v) is 8.76. The van der Waals surface area contributed by atoms with Crippen LogP contribution in [0.4, 0.5) is 0 Å². The highest BCUT2D eigenvalue weighted by atomic mass is 35.5. The Kier molecular flexibility index (Phi) is 9.94. The maximum Gasteiger partial charge on any atom is 0.119 e. The van der Waals surface area contributed by atoms with Crippen LogP contribution in [0.2, 0.25) is 0 Å². The second-order valence-electron chi connectivity index (χ2n) is 8.36. The van der Waals surface area contributed by atoms with Crippen molar-refractivity contribution in [1.29, 1.82) is 0 Å². The van der Waals surface area contributed by atoms with Crippen LogP contribution < -0.4 is 10.1 Å². The molecular weight excluding hydrogens is 322 g/mol. The highest BCUT2D eigenvalue weighted by Crippen LogP contribution is 2.26. The monoisotopic (exact) mass is 357 g/mol. The van der Waals surface area contributed by atoms with Crippen LogP contribution in [0, 0.1) is 5.41 Å². The third-order valence-corrected chi connectivity index (χ3v) is 3.69. The Bertz CT molecular complexity index is 452. The van der Waals surface area contributed by atoms with Crippen LogP contribution in [-0.4, -0.2) is 29.9 Å². The van der Waals surface area contributed by atoms with Gasteiger partial charge in [0.25, 0.3) is 0 Å². The minimum atomic E-state index is -0.510. The van der Waals surface area contributed by atoms with Crippen LogP contribution >= 0.6 is 12.4 Å². The lowest BCUT2D eigenvalue weighted by Gasteiger charge is -2.34. The number of benzene rings is 1. The minimum Gasteiger partial charge on any atom is -0.491 e. The van der Waals surface area contributed by atoms with E-state index in [-0.39, 0.29) is 23.4 Å². The lowest BCUT2D eigenvalue weighted by atomic mass is 9.82. The highest BCUT2D eigenvalue weighted by Gasteiger charge is 2.25. The van der Waals surface area contributed by atoms with Crippen molar-refractivity contribution in [3.8, 4) is 5.75 Å². The van der Waals surface area contributed by atoms with Crippen LogP contribution in [0.15, 0.2) is 24.3 Å². The topological polar surface area (TPSA) is 41.5 Å². The van der Waals surface area contributed by atoms with Crippen molar-refractivity contribution in [2.45, 2.75) is 72.4 Å². The van der Waals surface area contributed by atoms with Gasteiger partial charge in [0, 0.05) is 12.1 Å². The molecule has 1 rings (SSSR count). The fourth-order valence-electron chi connectivity index (χ4n) is 3.07. The molecule has 0 saturated carbocycles. The van der Waals surface area contributed by atoms with Crippen molar-refractivity contribution in [2.75, 3.05) is 13.2 Å². The number of aliphatic hydroxyl groups is 1. The Balaban J connectivity index is 0.00000529. The maximum absolute atomic E-state index is 10.1. The zero-order valence-corrected chi connectivity index (χ0v) is 17.0. The molecule has 0 spiro atoms. The van der Waals surface area contributed by atoms with E-state index in [1.807, 2.05) is 12.1 Å². The van der Waals surface area contributed by atoms with Gasteiger partial charge in [-0.05, 0) is 49.8 Å². The summed E-state index contributed by atoms with van der Waals surface area (Å²) in [4.78, 5) is 0. The molecule has 0 bridgehead atoms. The van der Waals surface area contributed by atoms with Crippen LogP contribution in [0.3, 0.4) is 0 Å². The molecule has 1 atom stereocenters. The molecule has 3 nitrogen and oxygen atoms in total. The molecule has 0 heterocycles. The molecule has 0 aromatic heterocycles. The number of nitrogens with one attached hydrogen (secondary N) is 1. The quantitative estimate of drug-likeness (QED) is 0.678. The van der Waals surface area contributed by atoms with Crippen molar-refractivity contribution < 1.29 is 9.84 Å². The predicted molar refractivity (Wildman–Crippen MR) is 105 cm³/mol. The number of aliphatic hydroxyl groups excluding tert-OH is 1. The second kappa shape index (κ2) is 10.3. The molecule has 0 saturated heterocycles. The molecule has 4 heteroatoms. The Morgan fingerprint density at radius 2 is 1.67 bits per heavy atom. The van der Waals surface area contributed by atoms with E-state index in [9.17, 15) is 5.11 Å². The number of hydrogen-bond donors (Lipinski definition) is 2. The molecule has 1 aromatic carbocycles. The Morgan fingerprint density at radius 1 is 1.08 bits per heavy atom. The van der Waals surface area contributed by atoms with Crippen LogP contribution in [-0.2, 0) is 6.42 Å². The summed E-state index contributed by atoms with van der Waals surface area (Å²) in [6.07, 6.45) is 2.78. The van der Waals surface area contributed by atoms with Gasteiger partial charge in [0.1, 0.15) is 18.5 Å². The maximum atomic E-state index is 10.1. The van der Waals surface area contributed by atoms with Crippen molar-refractivity contribution in [3.05, 3.63) is 29.8 Å². The molecular formula is C20H36ClNO2. The molecule has 0 fully saturated rings. The van der Waals surface area contributed by atoms with Gasteiger partial charge in [-0.1, -0.05) is 46.2 Å². The van der Waals surface area contributed by atoms with Gasteiger partial charge < -0.3 is 15.2 Å². The SMILES string of the molecule is CCCc1ccc(OCC(O)CNC(C)(C)CC(C)(C)C)cc1.Cl. The molecule has 0 amide bonds. The molecule has 1 unspecified atom stereocenters. The summed E-state index contributed by atoms with van der Waals surface area (Å²) in [5, 5.41) is 13.6. The largest absolute Gasteiger partial charge is 0.491 e. The lowest BCUT2D eigenvalue weighted by molar-refractivity contribution is 0.0944. The average Bonchev–Trinajstić information content (AvgIpc) is 2.42.